The number of halogens is 1. The maximum absolute atomic E-state index is 12.7. The van der Waals surface area contributed by atoms with E-state index in [-0.39, 0.29) is 5.91 Å². The van der Waals surface area contributed by atoms with Gasteiger partial charge in [0, 0.05) is 29.4 Å². The quantitative estimate of drug-likeness (QED) is 0.804. The third-order valence-electron chi connectivity index (χ3n) is 5.09. The molecule has 2 atom stereocenters. The summed E-state index contributed by atoms with van der Waals surface area (Å²) in [5.41, 5.74) is 0.873. The van der Waals surface area contributed by atoms with Crippen LogP contribution in [-0.4, -0.2) is 37.9 Å². The van der Waals surface area contributed by atoms with Gasteiger partial charge in [-0.3, -0.25) is 4.79 Å². The number of piperidine rings is 1. The van der Waals surface area contributed by atoms with E-state index in [0.717, 1.165) is 31.2 Å². The van der Waals surface area contributed by atoms with Crippen LogP contribution in [-0.2, 0) is 4.79 Å². The van der Waals surface area contributed by atoms with Crippen LogP contribution in [0.25, 0.3) is 6.08 Å². The normalized spacial score (nSPS) is 26.2. The van der Waals surface area contributed by atoms with Gasteiger partial charge < -0.3 is 4.90 Å². The van der Waals surface area contributed by atoms with Gasteiger partial charge in [-0.1, -0.05) is 35.0 Å². The molecule has 2 bridgehead atoms. The Kier molecular flexibility index (Phi) is 4.10. The Bertz CT molecular complexity index is 744. The van der Waals surface area contributed by atoms with Crippen LogP contribution in [0.3, 0.4) is 0 Å². The molecule has 2 fully saturated rings. The Morgan fingerprint density at radius 3 is 2.58 bits per heavy atom. The van der Waals surface area contributed by atoms with Gasteiger partial charge in [-0.05, 0) is 43.4 Å². The van der Waals surface area contributed by atoms with Crippen LogP contribution in [0.5, 0.6) is 0 Å². The number of carbonyl (C=O) groups excluding carboxylic acids is 1. The van der Waals surface area contributed by atoms with Crippen molar-refractivity contribution in [2.45, 2.75) is 43.8 Å². The van der Waals surface area contributed by atoms with Crippen LogP contribution in [0.2, 0.25) is 5.02 Å². The number of fused-ring (bicyclic) bond motifs is 2. The molecule has 1 aromatic heterocycles. The molecule has 0 N–H and O–H groups in total. The van der Waals surface area contributed by atoms with Crippen molar-refractivity contribution in [3.8, 4) is 0 Å². The first kappa shape index (κ1) is 15.4. The predicted octanol–water partition coefficient (Wildman–Crippen LogP) is 3.34. The highest BCUT2D eigenvalue weighted by atomic mass is 35.5. The molecule has 24 heavy (non-hydrogen) atoms. The molecule has 2 aliphatic rings. The van der Waals surface area contributed by atoms with Crippen molar-refractivity contribution in [1.82, 2.24) is 19.9 Å². The number of hydrogen-bond donors (Lipinski definition) is 0. The fraction of sp³-hybridized carbons (Fsp3) is 0.389. The van der Waals surface area contributed by atoms with E-state index in [1.807, 2.05) is 41.2 Å². The largest absolute Gasteiger partial charge is 0.333 e. The topological polar surface area (TPSA) is 51.0 Å². The molecule has 2 saturated heterocycles. The molecule has 0 aliphatic carbocycles. The smallest absolute Gasteiger partial charge is 0.247 e. The Labute approximate surface area is 145 Å². The first-order chi connectivity index (χ1) is 11.7. The van der Waals surface area contributed by atoms with Crippen LogP contribution in [0.4, 0.5) is 0 Å². The minimum Gasteiger partial charge on any atom is -0.333 e. The summed E-state index contributed by atoms with van der Waals surface area (Å²) in [6.45, 7) is 0. The third-order valence-corrected chi connectivity index (χ3v) is 5.43. The fourth-order valence-electron chi connectivity index (χ4n) is 3.99. The van der Waals surface area contributed by atoms with Gasteiger partial charge in [-0.15, -0.1) is 5.10 Å². The highest BCUT2D eigenvalue weighted by molar-refractivity contribution is 6.32. The van der Waals surface area contributed by atoms with E-state index >= 15 is 0 Å². The minimum atomic E-state index is 0.0828. The van der Waals surface area contributed by atoms with E-state index in [1.54, 1.807) is 12.3 Å². The van der Waals surface area contributed by atoms with Crippen LogP contribution in [0.15, 0.2) is 42.7 Å². The lowest BCUT2D eigenvalue weighted by molar-refractivity contribution is -0.130. The zero-order chi connectivity index (χ0) is 16.5. The fourth-order valence-corrected chi connectivity index (χ4v) is 4.19. The second-order valence-electron chi connectivity index (χ2n) is 6.49. The number of aromatic nitrogens is 3. The summed E-state index contributed by atoms with van der Waals surface area (Å²) in [4.78, 5) is 14.8. The molecular weight excluding hydrogens is 324 g/mol. The van der Waals surface area contributed by atoms with Crippen LogP contribution < -0.4 is 0 Å². The first-order valence-electron chi connectivity index (χ1n) is 8.33. The van der Waals surface area contributed by atoms with Gasteiger partial charge in [0.2, 0.25) is 5.91 Å². The second kappa shape index (κ2) is 6.40. The molecule has 2 aromatic rings. The average Bonchev–Trinajstić information content (AvgIpc) is 3.21. The van der Waals surface area contributed by atoms with Crippen LogP contribution >= 0.6 is 11.6 Å². The standard InChI is InChI=1S/C18H19ClN4O/c19-17-4-2-1-3-13(17)5-8-18(24)23-14-6-7-15(23)12-16(11-14)22-10-9-20-21-22/h1-5,8-10,14-16H,6-7,11-12H2. The van der Waals surface area contributed by atoms with E-state index in [9.17, 15) is 4.79 Å². The number of carbonyl (C=O) groups is 1. The van der Waals surface area contributed by atoms with E-state index in [4.69, 9.17) is 11.6 Å². The number of hydrogen-bond acceptors (Lipinski definition) is 3. The summed E-state index contributed by atoms with van der Waals surface area (Å²) in [5, 5.41) is 8.69. The van der Waals surface area contributed by atoms with E-state index in [1.165, 1.54) is 0 Å². The molecule has 1 amide bonds. The molecule has 0 spiro atoms. The Morgan fingerprint density at radius 1 is 1.17 bits per heavy atom. The Hall–Kier alpha value is -2.14. The van der Waals surface area contributed by atoms with Crippen molar-refractivity contribution in [2.24, 2.45) is 0 Å². The minimum absolute atomic E-state index is 0.0828. The Morgan fingerprint density at radius 2 is 1.92 bits per heavy atom. The number of rotatable bonds is 3. The van der Waals surface area contributed by atoms with Crippen molar-refractivity contribution < 1.29 is 4.79 Å². The van der Waals surface area contributed by atoms with Gasteiger partial charge in [-0.25, -0.2) is 4.68 Å². The molecule has 0 radical (unpaired) electrons. The van der Waals surface area contributed by atoms with Gasteiger partial charge in [0.15, 0.2) is 0 Å². The highest BCUT2D eigenvalue weighted by Crippen LogP contribution is 2.40. The monoisotopic (exact) mass is 342 g/mol. The van der Waals surface area contributed by atoms with Crippen LogP contribution in [0.1, 0.15) is 37.3 Å². The molecule has 4 rings (SSSR count). The number of benzene rings is 1. The average molecular weight is 343 g/mol. The summed E-state index contributed by atoms with van der Waals surface area (Å²) >= 11 is 6.15. The van der Waals surface area contributed by atoms with Gasteiger partial charge >= 0.3 is 0 Å². The molecule has 0 saturated carbocycles. The lowest BCUT2D eigenvalue weighted by atomic mass is 9.97. The highest BCUT2D eigenvalue weighted by Gasteiger charge is 2.43. The van der Waals surface area contributed by atoms with E-state index in [2.05, 4.69) is 15.2 Å². The molecular formula is C18H19ClN4O. The molecule has 124 valence electrons. The van der Waals surface area contributed by atoms with Crippen molar-refractivity contribution >= 4 is 23.6 Å². The SMILES string of the molecule is O=C(C=Cc1ccccc1Cl)N1C2CCC1CC(n1ccnn1)C2. The molecule has 3 heterocycles. The third kappa shape index (κ3) is 2.84. The van der Waals surface area contributed by atoms with Crippen LogP contribution in [0, 0.1) is 0 Å². The van der Waals surface area contributed by atoms with Gasteiger partial charge in [-0.2, -0.15) is 0 Å². The zero-order valence-electron chi connectivity index (χ0n) is 13.3. The summed E-state index contributed by atoms with van der Waals surface area (Å²) in [7, 11) is 0. The molecule has 5 nitrogen and oxygen atoms in total. The number of nitrogens with zero attached hydrogens (tertiary/aromatic N) is 4. The van der Waals surface area contributed by atoms with Crippen molar-refractivity contribution in [3.63, 3.8) is 0 Å². The summed E-state index contributed by atoms with van der Waals surface area (Å²) < 4.78 is 1.94. The van der Waals surface area contributed by atoms with Gasteiger partial charge in [0.1, 0.15) is 0 Å². The van der Waals surface area contributed by atoms with Gasteiger partial charge in [0.05, 0.1) is 12.2 Å². The summed E-state index contributed by atoms with van der Waals surface area (Å²) in [6, 6.07) is 8.49. The lowest BCUT2D eigenvalue weighted by Crippen LogP contribution is -2.46. The summed E-state index contributed by atoms with van der Waals surface area (Å²) in [6.07, 6.45) is 11.1. The molecule has 2 unspecified atom stereocenters. The Balaban J connectivity index is 1.47. The lowest BCUT2D eigenvalue weighted by Gasteiger charge is -2.38. The second-order valence-corrected chi connectivity index (χ2v) is 6.90. The zero-order valence-corrected chi connectivity index (χ0v) is 14.0. The van der Waals surface area contributed by atoms with Gasteiger partial charge in [0.25, 0.3) is 0 Å². The van der Waals surface area contributed by atoms with E-state index < -0.39 is 0 Å². The van der Waals surface area contributed by atoms with E-state index in [0.29, 0.717) is 23.1 Å². The van der Waals surface area contributed by atoms with Crippen molar-refractivity contribution in [2.75, 3.05) is 0 Å². The maximum atomic E-state index is 12.7. The first-order valence-corrected chi connectivity index (χ1v) is 8.71. The predicted molar refractivity (Wildman–Crippen MR) is 92.4 cm³/mol. The summed E-state index contributed by atoms with van der Waals surface area (Å²) in [5.74, 6) is 0.0828. The maximum Gasteiger partial charge on any atom is 0.247 e. The molecule has 6 heteroatoms. The molecule has 2 aliphatic heterocycles. The van der Waals surface area contributed by atoms with Crippen molar-refractivity contribution in [1.29, 1.82) is 0 Å². The van der Waals surface area contributed by atoms with Crippen molar-refractivity contribution in [3.05, 3.63) is 53.3 Å². The number of amides is 1. The molecule has 1 aromatic carbocycles.